The van der Waals surface area contributed by atoms with Gasteiger partial charge in [-0.05, 0) is 34.0 Å². The van der Waals surface area contributed by atoms with Crippen LogP contribution < -0.4 is 4.90 Å². The minimum Gasteiger partial charge on any atom is -0.392 e. The third-order valence-electron chi connectivity index (χ3n) is 2.83. The number of thiophene rings is 1. The van der Waals surface area contributed by atoms with E-state index in [1.165, 1.54) is 6.07 Å². The fourth-order valence-electron chi connectivity index (χ4n) is 1.88. The van der Waals surface area contributed by atoms with Gasteiger partial charge in [0.25, 0.3) is 5.69 Å². The first-order valence-corrected chi connectivity index (χ1v) is 6.66. The first kappa shape index (κ1) is 13.5. The molecule has 0 aliphatic rings. The van der Waals surface area contributed by atoms with Gasteiger partial charge in [0.05, 0.1) is 11.5 Å². The van der Waals surface area contributed by atoms with Gasteiger partial charge in [0.1, 0.15) is 5.69 Å². The van der Waals surface area contributed by atoms with Crippen LogP contribution in [0.1, 0.15) is 11.1 Å². The van der Waals surface area contributed by atoms with E-state index < -0.39 is 4.92 Å². The Labute approximate surface area is 114 Å². The third kappa shape index (κ3) is 3.10. The fourth-order valence-corrected chi connectivity index (χ4v) is 2.54. The number of hydrogen-bond acceptors (Lipinski definition) is 5. The van der Waals surface area contributed by atoms with Gasteiger partial charge < -0.3 is 10.0 Å². The summed E-state index contributed by atoms with van der Waals surface area (Å²) in [7, 11) is 1.82. The van der Waals surface area contributed by atoms with Gasteiger partial charge in [-0.2, -0.15) is 11.3 Å². The van der Waals surface area contributed by atoms with Crippen molar-refractivity contribution in [2.45, 2.75) is 13.2 Å². The molecule has 0 bridgehead atoms. The van der Waals surface area contributed by atoms with Crippen molar-refractivity contribution in [2.75, 3.05) is 11.9 Å². The molecule has 0 amide bonds. The van der Waals surface area contributed by atoms with Crippen LogP contribution in [0.4, 0.5) is 11.4 Å². The summed E-state index contributed by atoms with van der Waals surface area (Å²) < 4.78 is 0. The lowest BCUT2D eigenvalue weighted by Gasteiger charge is -2.18. The number of nitro groups is 1. The summed E-state index contributed by atoms with van der Waals surface area (Å²) in [4.78, 5) is 12.5. The van der Waals surface area contributed by atoms with Crippen molar-refractivity contribution < 1.29 is 10.0 Å². The van der Waals surface area contributed by atoms with Gasteiger partial charge in [-0.3, -0.25) is 10.1 Å². The number of nitrogens with zero attached hydrogens (tertiary/aromatic N) is 2. The van der Waals surface area contributed by atoms with Crippen molar-refractivity contribution in [3.05, 3.63) is 56.3 Å². The van der Waals surface area contributed by atoms with Crippen LogP contribution in [-0.4, -0.2) is 17.1 Å². The second kappa shape index (κ2) is 5.81. The summed E-state index contributed by atoms with van der Waals surface area (Å²) in [6.07, 6.45) is 0. The molecule has 0 spiro atoms. The topological polar surface area (TPSA) is 66.6 Å². The van der Waals surface area contributed by atoms with E-state index in [0.717, 1.165) is 5.56 Å². The Morgan fingerprint density at radius 1 is 1.37 bits per heavy atom. The molecule has 1 aromatic carbocycles. The normalized spacial score (nSPS) is 10.4. The number of benzene rings is 1. The molecular weight excluding hydrogens is 264 g/mol. The van der Waals surface area contributed by atoms with Gasteiger partial charge in [0.15, 0.2) is 0 Å². The Balaban J connectivity index is 2.30. The van der Waals surface area contributed by atoms with Crippen LogP contribution in [-0.2, 0) is 13.2 Å². The second-order valence-corrected chi connectivity index (χ2v) is 5.01. The van der Waals surface area contributed by atoms with Crippen LogP contribution in [0, 0.1) is 10.1 Å². The molecule has 0 radical (unpaired) electrons. The maximum atomic E-state index is 11.1. The fraction of sp³-hybridized carbons (Fsp3) is 0.231. The number of hydrogen-bond donors (Lipinski definition) is 1. The monoisotopic (exact) mass is 278 g/mol. The SMILES string of the molecule is CN(Cc1ccsc1)c1ccc(CO)cc1[N+](=O)[O-]. The van der Waals surface area contributed by atoms with Gasteiger partial charge in [-0.15, -0.1) is 0 Å². The molecule has 1 N–H and O–H groups in total. The van der Waals surface area contributed by atoms with Gasteiger partial charge in [-0.1, -0.05) is 6.07 Å². The third-order valence-corrected chi connectivity index (χ3v) is 3.56. The Morgan fingerprint density at radius 3 is 2.74 bits per heavy atom. The smallest absolute Gasteiger partial charge is 0.292 e. The van der Waals surface area contributed by atoms with Crippen molar-refractivity contribution in [3.63, 3.8) is 0 Å². The lowest BCUT2D eigenvalue weighted by Crippen LogP contribution is -2.17. The zero-order valence-electron chi connectivity index (χ0n) is 10.4. The van der Waals surface area contributed by atoms with Crippen molar-refractivity contribution in [1.82, 2.24) is 0 Å². The van der Waals surface area contributed by atoms with Gasteiger partial charge >= 0.3 is 0 Å². The average Bonchev–Trinajstić information content (AvgIpc) is 2.90. The molecule has 0 saturated carbocycles. The number of nitro benzene ring substituents is 1. The van der Waals surface area contributed by atoms with E-state index in [4.69, 9.17) is 5.11 Å². The first-order valence-electron chi connectivity index (χ1n) is 5.72. The standard InChI is InChI=1S/C13H14N2O3S/c1-14(7-11-4-5-19-9-11)12-3-2-10(8-16)6-13(12)15(17)18/h2-6,9,16H,7-8H2,1H3. The second-order valence-electron chi connectivity index (χ2n) is 4.23. The number of rotatable bonds is 5. The molecule has 0 fully saturated rings. The molecule has 1 aromatic heterocycles. The molecule has 0 atom stereocenters. The number of aliphatic hydroxyl groups is 1. The highest BCUT2D eigenvalue weighted by Crippen LogP contribution is 2.29. The van der Waals surface area contributed by atoms with Crippen LogP contribution in [0.5, 0.6) is 0 Å². The van der Waals surface area contributed by atoms with Crippen molar-refractivity contribution in [3.8, 4) is 0 Å². The van der Waals surface area contributed by atoms with E-state index in [1.807, 2.05) is 28.8 Å². The van der Waals surface area contributed by atoms with Crippen LogP contribution >= 0.6 is 11.3 Å². The van der Waals surface area contributed by atoms with Crippen molar-refractivity contribution in [2.24, 2.45) is 0 Å². The molecular formula is C13H14N2O3S. The minimum absolute atomic E-state index is 0.0179. The van der Waals surface area contributed by atoms with E-state index in [-0.39, 0.29) is 12.3 Å². The molecule has 0 saturated heterocycles. The minimum atomic E-state index is -0.418. The predicted molar refractivity (Wildman–Crippen MR) is 75.4 cm³/mol. The van der Waals surface area contributed by atoms with Crippen LogP contribution in [0.3, 0.4) is 0 Å². The molecule has 100 valence electrons. The maximum absolute atomic E-state index is 11.1. The van der Waals surface area contributed by atoms with Crippen molar-refractivity contribution in [1.29, 1.82) is 0 Å². The number of anilines is 1. The summed E-state index contributed by atoms with van der Waals surface area (Å²) in [5.74, 6) is 0. The zero-order valence-corrected chi connectivity index (χ0v) is 11.3. The van der Waals surface area contributed by atoms with Gasteiger partial charge in [-0.25, -0.2) is 0 Å². The lowest BCUT2D eigenvalue weighted by atomic mass is 10.1. The molecule has 5 nitrogen and oxygen atoms in total. The molecule has 2 rings (SSSR count). The summed E-state index contributed by atoms with van der Waals surface area (Å²) in [5.41, 5.74) is 2.23. The predicted octanol–water partition coefficient (Wildman–Crippen LogP) is 2.79. The molecule has 0 aliphatic heterocycles. The highest BCUT2D eigenvalue weighted by atomic mass is 32.1. The van der Waals surface area contributed by atoms with Crippen LogP contribution in [0.15, 0.2) is 35.0 Å². The zero-order chi connectivity index (χ0) is 13.8. The summed E-state index contributed by atoms with van der Waals surface area (Å²) in [5, 5.41) is 24.1. The Bertz CT molecular complexity index is 569. The molecule has 0 aliphatic carbocycles. The molecule has 19 heavy (non-hydrogen) atoms. The van der Waals surface area contributed by atoms with E-state index >= 15 is 0 Å². The molecule has 2 aromatic rings. The largest absolute Gasteiger partial charge is 0.392 e. The van der Waals surface area contributed by atoms with Crippen LogP contribution in [0.25, 0.3) is 0 Å². The Hall–Kier alpha value is -1.92. The summed E-state index contributed by atoms with van der Waals surface area (Å²) >= 11 is 1.60. The van der Waals surface area contributed by atoms with Gasteiger partial charge in [0, 0.05) is 19.7 Å². The molecule has 6 heteroatoms. The summed E-state index contributed by atoms with van der Waals surface area (Å²) in [6.45, 7) is 0.415. The highest BCUT2D eigenvalue weighted by molar-refractivity contribution is 7.07. The van der Waals surface area contributed by atoms with E-state index in [9.17, 15) is 10.1 Å². The Morgan fingerprint density at radius 2 is 2.16 bits per heavy atom. The van der Waals surface area contributed by atoms with E-state index in [2.05, 4.69) is 0 Å². The summed E-state index contributed by atoms with van der Waals surface area (Å²) in [6, 6.07) is 6.79. The van der Waals surface area contributed by atoms with Gasteiger partial charge in [0.2, 0.25) is 0 Å². The molecule has 0 unspecified atom stereocenters. The van der Waals surface area contributed by atoms with Crippen LogP contribution in [0.2, 0.25) is 0 Å². The van der Waals surface area contributed by atoms with Crippen molar-refractivity contribution >= 4 is 22.7 Å². The Kier molecular flexibility index (Phi) is 4.13. The maximum Gasteiger partial charge on any atom is 0.292 e. The average molecular weight is 278 g/mol. The van der Waals surface area contributed by atoms with E-state index in [0.29, 0.717) is 17.8 Å². The molecule has 1 heterocycles. The van der Waals surface area contributed by atoms with E-state index in [1.54, 1.807) is 23.5 Å². The first-order chi connectivity index (χ1) is 9.11. The highest BCUT2D eigenvalue weighted by Gasteiger charge is 2.18. The number of aliphatic hydroxyl groups excluding tert-OH is 1. The lowest BCUT2D eigenvalue weighted by molar-refractivity contribution is -0.384. The quantitative estimate of drug-likeness (QED) is 0.674.